The average Bonchev–Trinajstić information content (AvgIpc) is 3.19. The van der Waals surface area contributed by atoms with E-state index < -0.39 is 0 Å². The summed E-state index contributed by atoms with van der Waals surface area (Å²) >= 11 is 0. The van der Waals surface area contributed by atoms with E-state index in [1.54, 1.807) is 0 Å². The van der Waals surface area contributed by atoms with Crippen molar-refractivity contribution in [3.63, 3.8) is 0 Å². The number of pyridine rings is 1. The number of benzene rings is 5. The summed E-state index contributed by atoms with van der Waals surface area (Å²) < 4.78 is 0. The van der Waals surface area contributed by atoms with Gasteiger partial charge in [0.05, 0.1) is 5.52 Å². The van der Waals surface area contributed by atoms with Crippen molar-refractivity contribution < 1.29 is 0 Å². The first-order valence-corrected chi connectivity index (χ1v) is 13.1. The zero-order valence-electron chi connectivity index (χ0n) is 21.6. The molecule has 0 N–H and O–H groups in total. The Labute approximate surface area is 223 Å². The van der Waals surface area contributed by atoms with Gasteiger partial charge in [0.1, 0.15) is 0 Å². The predicted octanol–water partition coefficient (Wildman–Crippen LogP) is 9.68. The summed E-state index contributed by atoms with van der Waals surface area (Å²) in [4.78, 5) is 6.91. The first kappa shape index (κ1) is 22.5. The van der Waals surface area contributed by atoms with Gasteiger partial charge in [-0.2, -0.15) is 0 Å². The second kappa shape index (κ2) is 8.71. The van der Waals surface area contributed by atoms with Crippen LogP contribution in [0.5, 0.6) is 0 Å². The summed E-state index contributed by atoms with van der Waals surface area (Å²) in [5, 5.41) is 1.19. The van der Waals surface area contributed by atoms with Gasteiger partial charge in [0.2, 0.25) is 0 Å². The third-order valence-electron chi connectivity index (χ3n) is 7.89. The van der Waals surface area contributed by atoms with Crippen molar-refractivity contribution in [2.45, 2.75) is 19.3 Å². The van der Waals surface area contributed by atoms with Crippen LogP contribution in [0.2, 0.25) is 0 Å². The minimum atomic E-state index is -0.0796. The fourth-order valence-electron chi connectivity index (χ4n) is 5.89. The fraction of sp³-hybridized carbons (Fsp3) is 0.0833. The molecule has 1 aliphatic rings. The average molecular weight is 489 g/mol. The topological polar surface area (TPSA) is 16.1 Å². The first-order valence-electron chi connectivity index (χ1n) is 13.1. The minimum Gasteiger partial charge on any atom is -0.311 e. The Morgan fingerprint density at radius 3 is 1.82 bits per heavy atom. The Bertz CT molecular complexity index is 1730. The molecule has 2 nitrogen and oxygen atoms in total. The van der Waals surface area contributed by atoms with E-state index in [4.69, 9.17) is 0 Å². The molecule has 38 heavy (non-hydrogen) atoms. The summed E-state index contributed by atoms with van der Waals surface area (Å²) in [6.45, 7) is 4.66. The van der Waals surface area contributed by atoms with Crippen LogP contribution in [0.4, 0.5) is 17.1 Å². The smallest absolute Gasteiger partial charge is 0.0705 e. The standard InChI is InChI=1S/C36H28N2/c1-36(2)33-23-26(17-20-31(33)32-22-27-10-9-21-37-35(27)24-34(32)36)25-15-18-30(19-16-25)38(28-11-5-3-6-12-28)29-13-7-4-8-14-29/h3-24H,1-2H3. The monoisotopic (exact) mass is 488 g/mol. The van der Waals surface area contributed by atoms with Crippen LogP contribution in [0.25, 0.3) is 33.2 Å². The Morgan fingerprint density at radius 2 is 1.13 bits per heavy atom. The van der Waals surface area contributed by atoms with E-state index in [1.807, 2.05) is 12.3 Å². The van der Waals surface area contributed by atoms with Crippen molar-refractivity contribution in [3.8, 4) is 22.3 Å². The van der Waals surface area contributed by atoms with Gasteiger partial charge < -0.3 is 4.90 Å². The maximum Gasteiger partial charge on any atom is 0.0705 e. The largest absolute Gasteiger partial charge is 0.311 e. The Balaban J connectivity index is 1.28. The number of hydrogen-bond donors (Lipinski definition) is 0. The lowest BCUT2D eigenvalue weighted by molar-refractivity contribution is 0.661. The van der Waals surface area contributed by atoms with Gasteiger partial charge in [0.25, 0.3) is 0 Å². The predicted molar refractivity (Wildman–Crippen MR) is 159 cm³/mol. The number of nitrogens with zero attached hydrogens (tertiary/aromatic N) is 2. The molecular weight excluding hydrogens is 460 g/mol. The summed E-state index contributed by atoms with van der Waals surface area (Å²) in [6, 6.07) is 45.7. The zero-order valence-corrected chi connectivity index (χ0v) is 21.6. The van der Waals surface area contributed by atoms with Crippen LogP contribution in [0, 0.1) is 0 Å². The van der Waals surface area contributed by atoms with Gasteiger partial charge in [0, 0.05) is 34.1 Å². The summed E-state index contributed by atoms with van der Waals surface area (Å²) in [5.74, 6) is 0. The normalized spacial score (nSPS) is 13.2. The summed E-state index contributed by atoms with van der Waals surface area (Å²) in [6.07, 6.45) is 1.88. The summed E-state index contributed by atoms with van der Waals surface area (Å²) in [5.41, 5.74) is 12.3. The lowest BCUT2D eigenvalue weighted by Crippen LogP contribution is -2.15. The third kappa shape index (κ3) is 3.61. The number of hydrogen-bond acceptors (Lipinski definition) is 2. The molecule has 0 saturated heterocycles. The molecule has 1 aromatic heterocycles. The van der Waals surface area contributed by atoms with E-state index in [1.165, 1.54) is 38.8 Å². The van der Waals surface area contributed by atoms with Gasteiger partial charge in [-0.25, -0.2) is 0 Å². The number of aromatic nitrogens is 1. The van der Waals surface area contributed by atoms with Crippen molar-refractivity contribution in [1.29, 1.82) is 0 Å². The third-order valence-corrected chi connectivity index (χ3v) is 7.89. The molecule has 2 heteroatoms. The molecule has 182 valence electrons. The maximum atomic E-state index is 4.61. The van der Waals surface area contributed by atoms with Crippen LogP contribution in [0.3, 0.4) is 0 Å². The molecule has 0 spiro atoms. The van der Waals surface area contributed by atoms with Crippen LogP contribution < -0.4 is 4.90 Å². The van der Waals surface area contributed by atoms with Crippen LogP contribution in [0.1, 0.15) is 25.0 Å². The highest BCUT2D eigenvalue weighted by molar-refractivity contribution is 5.92. The van der Waals surface area contributed by atoms with Crippen molar-refractivity contribution in [2.24, 2.45) is 0 Å². The molecule has 7 rings (SSSR count). The van der Waals surface area contributed by atoms with Crippen molar-refractivity contribution in [2.75, 3.05) is 4.90 Å². The quantitative estimate of drug-likeness (QED) is 0.245. The van der Waals surface area contributed by atoms with E-state index in [-0.39, 0.29) is 5.41 Å². The van der Waals surface area contributed by atoms with Crippen molar-refractivity contribution in [3.05, 3.63) is 145 Å². The highest BCUT2D eigenvalue weighted by Crippen LogP contribution is 2.50. The first-order chi connectivity index (χ1) is 18.6. The Kier molecular flexibility index (Phi) is 5.16. The van der Waals surface area contributed by atoms with Crippen LogP contribution in [-0.2, 0) is 5.41 Å². The van der Waals surface area contributed by atoms with Gasteiger partial charge in [0.15, 0.2) is 0 Å². The SMILES string of the molecule is CC1(C)c2cc(-c3ccc(N(c4ccccc4)c4ccccc4)cc3)ccc2-c2cc3cccnc3cc21. The van der Waals surface area contributed by atoms with E-state index in [0.29, 0.717) is 0 Å². The summed E-state index contributed by atoms with van der Waals surface area (Å²) in [7, 11) is 0. The number of fused-ring (bicyclic) bond motifs is 4. The highest BCUT2D eigenvalue weighted by Gasteiger charge is 2.36. The van der Waals surface area contributed by atoms with E-state index in [9.17, 15) is 0 Å². The maximum absolute atomic E-state index is 4.61. The molecular formula is C36H28N2. The molecule has 1 aliphatic carbocycles. The minimum absolute atomic E-state index is 0.0796. The fourth-order valence-corrected chi connectivity index (χ4v) is 5.89. The molecule has 0 unspecified atom stereocenters. The highest BCUT2D eigenvalue weighted by atomic mass is 15.1. The molecule has 5 aromatic carbocycles. The molecule has 0 fully saturated rings. The molecule has 0 atom stereocenters. The van der Waals surface area contributed by atoms with E-state index >= 15 is 0 Å². The number of anilines is 3. The van der Waals surface area contributed by atoms with Crippen LogP contribution >= 0.6 is 0 Å². The lowest BCUT2D eigenvalue weighted by atomic mass is 9.81. The van der Waals surface area contributed by atoms with E-state index in [0.717, 1.165) is 22.6 Å². The lowest BCUT2D eigenvalue weighted by Gasteiger charge is -2.25. The van der Waals surface area contributed by atoms with E-state index in [2.05, 4.69) is 145 Å². The van der Waals surface area contributed by atoms with Gasteiger partial charge in [-0.05, 0) is 94.0 Å². The zero-order chi connectivity index (χ0) is 25.7. The van der Waals surface area contributed by atoms with Crippen LogP contribution in [-0.4, -0.2) is 4.98 Å². The number of para-hydroxylation sites is 2. The van der Waals surface area contributed by atoms with Crippen LogP contribution in [0.15, 0.2) is 134 Å². The molecule has 0 aliphatic heterocycles. The molecule has 0 amide bonds. The second-order valence-corrected chi connectivity index (χ2v) is 10.5. The molecule has 1 heterocycles. The van der Waals surface area contributed by atoms with Gasteiger partial charge >= 0.3 is 0 Å². The molecule has 6 aromatic rings. The molecule has 0 radical (unpaired) electrons. The van der Waals surface area contributed by atoms with Gasteiger partial charge in [-0.1, -0.05) is 80.6 Å². The molecule has 0 bridgehead atoms. The van der Waals surface area contributed by atoms with Gasteiger partial charge in [-0.15, -0.1) is 0 Å². The van der Waals surface area contributed by atoms with Crippen molar-refractivity contribution in [1.82, 2.24) is 4.98 Å². The van der Waals surface area contributed by atoms with Gasteiger partial charge in [-0.3, -0.25) is 4.98 Å². The Morgan fingerprint density at radius 1 is 0.526 bits per heavy atom. The Hall–Kier alpha value is -4.69. The molecule has 0 saturated carbocycles. The number of rotatable bonds is 4. The van der Waals surface area contributed by atoms with Crippen molar-refractivity contribution >= 4 is 28.0 Å². The second-order valence-electron chi connectivity index (χ2n) is 10.5.